The third-order valence-electron chi connectivity index (χ3n) is 20.0. The zero-order chi connectivity index (χ0) is 36.3. The van der Waals surface area contributed by atoms with Crippen LogP contribution in [0.25, 0.3) is 0 Å². The first kappa shape index (κ1) is 37.0. The van der Waals surface area contributed by atoms with Gasteiger partial charge in [0, 0.05) is 5.41 Å². The van der Waals surface area contributed by atoms with Gasteiger partial charge in [-0.3, -0.25) is 0 Å². The lowest BCUT2D eigenvalue weighted by Crippen LogP contribution is -2.70. The summed E-state index contributed by atoms with van der Waals surface area (Å²) < 4.78 is 0. The van der Waals surface area contributed by atoms with Crippen LogP contribution in [-0.2, 0) is 0 Å². The first-order valence-corrected chi connectivity index (χ1v) is 20.3. The fourth-order valence-corrected chi connectivity index (χ4v) is 15.9. The molecule has 0 unspecified atom stereocenters. The molecule has 0 N–H and O–H groups in total. The normalized spacial score (nSPS) is 48.7. The summed E-state index contributed by atoms with van der Waals surface area (Å²) in [4.78, 5) is 0. The van der Waals surface area contributed by atoms with Gasteiger partial charge in [0.1, 0.15) is 0 Å². The maximum atomic E-state index is 4.76. The van der Waals surface area contributed by atoms with Gasteiger partial charge in [0.2, 0.25) is 0 Å². The van der Waals surface area contributed by atoms with E-state index >= 15 is 0 Å². The summed E-state index contributed by atoms with van der Waals surface area (Å²) in [5.74, 6) is 1.25. The van der Waals surface area contributed by atoms with E-state index in [-0.39, 0.29) is 48.7 Å². The largest absolute Gasteiger partial charge is 0.103 e. The molecule has 0 nitrogen and oxygen atoms in total. The summed E-state index contributed by atoms with van der Waals surface area (Å²) in [6.07, 6.45) is 27.1. The quantitative estimate of drug-likeness (QED) is 0.188. The Kier molecular flexibility index (Phi) is 8.55. The molecule has 0 amide bonds. The lowest BCUT2D eigenvalue weighted by atomic mass is 9.27. The van der Waals surface area contributed by atoms with E-state index in [0.717, 1.165) is 12.8 Å². The van der Waals surface area contributed by atoms with Crippen LogP contribution in [0.3, 0.4) is 0 Å². The number of rotatable bonds is 7. The molecule has 0 aromatic rings. The molecule has 0 aromatic carbocycles. The standard InChI is InChI=1S/C49H74/c1-16-24-48(35(5)6)27-20-37(21-28-48)39-22-26-45(13)42(10)30-32-46(14)43(11,40(42)19-18-25-44(45,12)41(39,8)9)31-33-49(36(7)17-2)29-23-38(34(3)4)47(46,49)15/h16-17,20,22,38,40H,1-3,5,7,18-19,21,23-33H2,4,6,8-15H3/t38-,40-,42-,43-,44-,45+,46-,47+,48-,49+/m0/s1. The summed E-state index contributed by atoms with van der Waals surface area (Å²) >= 11 is 0. The molecule has 4 saturated carbocycles. The molecular weight excluding hydrogens is 589 g/mol. The molecule has 0 spiro atoms. The van der Waals surface area contributed by atoms with E-state index in [9.17, 15) is 0 Å². The Balaban J connectivity index is 1.44. The van der Waals surface area contributed by atoms with Crippen molar-refractivity contribution in [1.82, 2.24) is 0 Å². The summed E-state index contributed by atoms with van der Waals surface area (Å²) in [7, 11) is 0. The SMILES string of the molecule is C=CC[C@]1(C(=C)C)CC=C(C2=CC[C@]3(C)[C@@]4(C)CC[C@]5(C)[C@@]6(C)[C@H](C(=C)C)CC[C@]6(C(=C)C=C)CC[C@@]5(C)[C@H]4CCC[C@@]3(C)C2(C)C)CC1. The minimum atomic E-state index is 0.110. The van der Waals surface area contributed by atoms with Gasteiger partial charge >= 0.3 is 0 Å². The molecule has 10 atom stereocenters. The van der Waals surface area contributed by atoms with E-state index < -0.39 is 0 Å². The third-order valence-corrected chi connectivity index (χ3v) is 20.0. The molecule has 0 aliphatic heterocycles. The molecule has 6 aliphatic rings. The van der Waals surface area contributed by atoms with E-state index in [1.807, 2.05) is 0 Å². The predicted octanol–water partition coefficient (Wildman–Crippen LogP) is 14.7. The Morgan fingerprint density at radius 3 is 1.96 bits per heavy atom. The molecule has 0 heteroatoms. The molecule has 4 fully saturated rings. The third kappa shape index (κ3) is 4.16. The molecule has 0 heterocycles. The van der Waals surface area contributed by atoms with Crippen molar-refractivity contribution in [2.75, 3.05) is 0 Å². The number of fused-ring (bicyclic) bond motifs is 7. The van der Waals surface area contributed by atoms with Crippen LogP contribution in [0, 0.1) is 60.6 Å². The molecule has 0 bridgehead atoms. The van der Waals surface area contributed by atoms with Crippen LogP contribution in [-0.4, -0.2) is 0 Å². The minimum absolute atomic E-state index is 0.110. The van der Waals surface area contributed by atoms with Gasteiger partial charge in [-0.25, -0.2) is 0 Å². The van der Waals surface area contributed by atoms with E-state index in [1.165, 1.54) is 93.8 Å². The van der Waals surface area contributed by atoms with Crippen molar-refractivity contribution in [3.05, 3.63) is 85.1 Å². The second kappa shape index (κ2) is 11.3. The molecule has 49 heavy (non-hydrogen) atoms. The van der Waals surface area contributed by atoms with Gasteiger partial charge in [-0.15, -0.1) is 6.58 Å². The van der Waals surface area contributed by atoms with E-state index in [4.69, 9.17) is 6.58 Å². The van der Waals surface area contributed by atoms with E-state index in [1.54, 1.807) is 11.1 Å². The minimum Gasteiger partial charge on any atom is -0.103 e. The average Bonchev–Trinajstić information content (AvgIpc) is 3.33. The van der Waals surface area contributed by atoms with Crippen molar-refractivity contribution in [2.45, 2.75) is 159 Å². The monoisotopic (exact) mass is 663 g/mol. The summed E-state index contributed by atoms with van der Waals surface area (Å²) in [6, 6.07) is 0. The van der Waals surface area contributed by atoms with E-state index in [0.29, 0.717) is 11.8 Å². The van der Waals surface area contributed by atoms with Crippen LogP contribution >= 0.6 is 0 Å². The second-order valence-corrected chi connectivity index (χ2v) is 20.7. The zero-order valence-corrected chi connectivity index (χ0v) is 33.9. The maximum absolute atomic E-state index is 4.76. The number of hydrogen-bond acceptors (Lipinski definition) is 0. The van der Waals surface area contributed by atoms with E-state index in [2.05, 4.69) is 120 Å². The Morgan fingerprint density at radius 1 is 0.735 bits per heavy atom. The molecule has 6 rings (SSSR count). The Morgan fingerprint density at radius 2 is 1.39 bits per heavy atom. The fraction of sp³-hybridized carbons (Fsp3) is 0.714. The summed E-state index contributed by atoms with van der Waals surface area (Å²) in [5.41, 5.74) is 9.10. The first-order valence-electron chi connectivity index (χ1n) is 20.3. The van der Waals surface area contributed by atoms with Crippen LogP contribution in [0.1, 0.15) is 159 Å². The molecular formula is C49H74. The van der Waals surface area contributed by atoms with Gasteiger partial charge in [-0.1, -0.05) is 124 Å². The second-order valence-electron chi connectivity index (χ2n) is 20.7. The molecule has 0 radical (unpaired) electrons. The van der Waals surface area contributed by atoms with Gasteiger partial charge in [0.15, 0.2) is 0 Å². The number of allylic oxidation sites excluding steroid dienone is 9. The van der Waals surface area contributed by atoms with Gasteiger partial charge in [0.25, 0.3) is 0 Å². The predicted molar refractivity (Wildman–Crippen MR) is 214 cm³/mol. The van der Waals surface area contributed by atoms with Crippen LogP contribution in [0.5, 0.6) is 0 Å². The zero-order valence-electron chi connectivity index (χ0n) is 33.9. The van der Waals surface area contributed by atoms with Crippen molar-refractivity contribution < 1.29 is 0 Å². The Labute approximate surface area is 303 Å². The van der Waals surface area contributed by atoms with Crippen molar-refractivity contribution in [3.8, 4) is 0 Å². The highest BCUT2D eigenvalue weighted by Gasteiger charge is 2.78. The van der Waals surface area contributed by atoms with Crippen LogP contribution < -0.4 is 0 Å². The maximum Gasteiger partial charge on any atom is 0.00122 e. The van der Waals surface area contributed by atoms with Crippen molar-refractivity contribution >= 4 is 0 Å². The molecule has 0 aromatic heterocycles. The lowest BCUT2D eigenvalue weighted by molar-refractivity contribution is -0.269. The fourth-order valence-electron chi connectivity index (χ4n) is 15.9. The Hall–Kier alpha value is -1.82. The topological polar surface area (TPSA) is 0 Å². The highest BCUT2D eigenvalue weighted by atomic mass is 14.8. The van der Waals surface area contributed by atoms with Crippen molar-refractivity contribution in [1.29, 1.82) is 0 Å². The smallest absolute Gasteiger partial charge is 0.00122 e. The highest BCUT2D eigenvalue weighted by Crippen LogP contribution is 2.85. The lowest BCUT2D eigenvalue weighted by Gasteiger charge is -2.77. The average molecular weight is 663 g/mol. The Bertz CT molecular complexity index is 1530. The van der Waals surface area contributed by atoms with Crippen LogP contribution in [0.15, 0.2) is 85.1 Å². The molecule has 0 saturated heterocycles. The summed E-state index contributed by atoms with van der Waals surface area (Å²) in [5, 5.41) is 0. The van der Waals surface area contributed by atoms with Crippen LogP contribution in [0.4, 0.5) is 0 Å². The highest BCUT2D eigenvalue weighted by molar-refractivity contribution is 5.44. The van der Waals surface area contributed by atoms with Crippen molar-refractivity contribution in [2.24, 2.45) is 60.6 Å². The van der Waals surface area contributed by atoms with Crippen molar-refractivity contribution in [3.63, 3.8) is 0 Å². The first-order chi connectivity index (χ1) is 22.7. The van der Waals surface area contributed by atoms with Gasteiger partial charge in [-0.05, 0) is 169 Å². The number of hydrogen-bond donors (Lipinski definition) is 0. The van der Waals surface area contributed by atoms with Crippen LogP contribution in [0.2, 0.25) is 0 Å². The van der Waals surface area contributed by atoms with Gasteiger partial charge < -0.3 is 0 Å². The van der Waals surface area contributed by atoms with Gasteiger partial charge in [0.05, 0.1) is 0 Å². The molecule has 270 valence electrons. The molecule has 6 aliphatic carbocycles. The van der Waals surface area contributed by atoms with Gasteiger partial charge in [-0.2, -0.15) is 0 Å². The summed E-state index contributed by atoms with van der Waals surface area (Å²) in [6.45, 7) is 48.8.